The van der Waals surface area contributed by atoms with Crippen LogP contribution in [0, 0.1) is 0 Å². The lowest BCUT2D eigenvalue weighted by molar-refractivity contribution is 0.336. The highest BCUT2D eigenvalue weighted by Crippen LogP contribution is 2.27. The summed E-state index contributed by atoms with van der Waals surface area (Å²) in [6.07, 6.45) is 1.07. The molecule has 2 rings (SSSR count). The minimum absolute atomic E-state index is 0.491. The van der Waals surface area contributed by atoms with Crippen LogP contribution in [0.3, 0.4) is 0 Å². The van der Waals surface area contributed by atoms with Crippen molar-refractivity contribution >= 4 is 0 Å². The molecule has 106 valence electrons. The van der Waals surface area contributed by atoms with Crippen molar-refractivity contribution in [2.45, 2.75) is 45.2 Å². The Balaban J connectivity index is 2.14. The normalized spacial score (nSPS) is 23.6. The monoisotopic (exact) mass is 262 g/mol. The summed E-state index contributed by atoms with van der Waals surface area (Å²) in [5.41, 5.74) is 2.69. The van der Waals surface area contributed by atoms with Crippen molar-refractivity contribution in [1.29, 1.82) is 0 Å². The van der Waals surface area contributed by atoms with Gasteiger partial charge < -0.3 is 15.4 Å². The molecular weight excluding hydrogens is 236 g/mol. The number of piperazine rings is 1. The summed E-state index contributed by atoms with van der Waals surface area (Å²) in [5.74, 6) is 1.49. The average Bonchev–Trinajstić information content (AvgIpc) is 2.41. The second-order valence-electron chi connectivity index (χ2n) is 5.74. The number of benzene rings is 1. The van der Waals surface area contributed by atoms with E-state index < -0.39 is 0 Å². The fraction of sp³-hybridized carbons (Fsp3) is 0.625. The fourth-order valence-corrected chi connectivity index (χ4v) is 2.74. The van der Waals surface area contributed by atoms with E-state index in [1.165, 1.54) is 11.1 Å². The van der Waals surface area contributed by atoms with Crippen LogP contribution in [0.5, 0.6) is 5.75 Å². The Morgan fingerprint density at radius 2 is 2.00 bits per heavy atom. The van der Waals surface area contributed by atoms with Gasteiger partial charge in [-0.05, 0) is 36.5 Å². The van der Waals surface area contributed by atoms with Gasteiger partial charge >= 0.3 is 0 Å². The summed E-state index contributed by atoms with van der Waals surface area (Å²) in [7, 11) is 1.75. The van der Waals surface area contributed by atoms with Crippen LogP contribution in [0.15, 0.2) is 18.2 Å². The highest BCUT2D eigenvalue weighted by molar-refractivity contribution is 5.39. The van der Waals surface area contributed by atoms with Crippen molar-refractivity contribution in [2.24, 2.45) is 0 Å². The molecule has 0 aromatic heterocycles. The maximum Gasteiger partial charge on any atom is 0.122 e. The number of rotatable bonds is 4. The van der Waals surface area contributed by atoms with Gasteiger partial charge in [-0.2, -0.15) is 0 Å². The van der Waals surface area contributed by atoms with E-state index in [0.29, 0.717) is 18.0 Å². The van der Waals surface area contributed by atoms with Crippen molar-refractivity contribution in [3.05, 3.63) is 29.3 Å². The number of ether oxygens (including phenoxy) is 1. The molecule has 1 aliphatic heterocycles. The Bertz CT molecular complexity index is 417. The van der Waals surface area contributed by atoms with Gasteiger partial charge in [0.1, 0.15) is 5.75 Å². The Morgan fingerprint density at radius 3 is 2.63 bits per heavy atom. The molecule has 19 heavy (non-hydrogen) atoms. The number of methoxy groups -OCH3 is 1. The van der Waals surface area contributed by atoms with Crippen LogP contribution in [0.4, 0.5) is 0 Å². The molecule has 1 aromatic carbocycles. The third kappa shape index (κ3) is 3.48. The van der Waals surface area contributed by atoms with E-state index in [1.54, 1.807) is 7.11 Å². The predicted octanol–water partition coefficient (Wildman–Crippen LogP) is 2.31. The molecule has 1 aliphatic rings. The molecule has 2 N–H and O–H groups in total. The van der Waals surface area contributed by atoms with Gasteiger partial charge in [-0.3, -0.25) is 0 Å². The van der Waals surface area contributed by atoms with Crippen LogP contribution >= 0.6 is 0 Å². The molecule has 1 saturated heterocycles. The molecule has 1 fully saturated rings. The van der Waals surface area contributed by atoms with Crippen molar-refractivity contribution in [2.75, 3.05) is 20.2 Å². The number of hydrogen-bond acceptors (Lipinski definition) is 3. The Labute approximate surface area is 116 Å². The molecule has 2 atom stereocenters. The first-order valence-electron chi connectivity index (χ1n) is 7.25. The molecule has 1 heterocycles. The zero-order chi connectivity index (χ0) is 13.8. The molecule has 0 radical (unpaired) electrons. The lowest BCUT2D eigenvalue weighted by Gasteiger charge is -2.31. The summed E-state index contributed by atoms with van der Waals surface area (Å²) in [5, 5.41) is 7.13. The maximum absolute atomic E-state index is 5.44. The molecule has 0 spiro atoms. The summed E-state index contributed by atoms with van der Waals surface area (Å²) in [6, 6.07) is 7.63. The predicted molar refractivity (Wildman–Crippen MR) is 80.0 cm³/mol. The van der Waals surface area contributed by atoms with E-state index in [4.69, 9.17) is 4.74 Å². The largest absolute Gasteiger partial charge is 0.496 e. The molecule has 0 saturated carbocycles. The van der Waals surface area contributed by atoms with Crippen molar-refractivity contribution in [3.63, 3.8) is 0 Å². The van der Waals surface area contributed by atoms with Crippen LogP contribution in [0.2, 0.25) is 0 Å². The third-order valence-electron chi connectivity index (χ3n) is 3.97. The Morgan fingerprint density at radius 1 is 1.26 bits per heavy atom. The van der Waals surface area contributed by atoms with Crippen molar-refractivity contribution in [1.82, 2.24) is 10.6 Å². The molecule has 3 heteroatoms. The van der Waals surface area contributed by atoms with Crippen LogP contribution in [0.25, 0.3) is 0 Å². The molecule has 3 nitrogen and oxygen atoms in total. The summed E-state index contributed by atoms with van der Waals surface area (Å²) in [6.45, 7) is 8.80. The van der Waals surface area contributed by atoms with Crippen LogP contribution < -0.4 is 15.4 Å². The van der Waals surface area contributed by atoms with E-state index in [-0.39, 0.29) is 0 Å². The lowest BCUT2D eigenvalue weighted by atomic mass is 9.94. The minimum Gasteiger partial charge on any atom is -0.496 e. The minimum atomic E-state index is 0.491. The number of hydrogen-bond donors (Lipinski definition) is 2. The second kappa shape index (κ2) is 6.40. The third-order valence-corrected chi connectivity index (χ3v) is 3.97. The zero-order valence-electron chi connectivity index (χ0n) is 12.5. The van der Waals surface area contributed by atoms with Crippen LogP contribution in [-0.4, -0.2) is 32.3 Å². The SMILES string of the molecule is COc1ccc(CC2NCCNC2C)cc1C(C)C. The standard InChI is InChI=1S/C16H26N2O/c1-11(2)14-9-13(5-6-16(14)19-4)10-15-12(3)17-7-8-18-15/h5-6,9,11-12,15,17-18H,7-8,10H2,1-4H3. The lowest BCUT2D eigenvalue weighted by Crippen LogP contribution is -2.55. The van der Waals surface area contributed by atoms with Gasteiger partial charge in [0.15, 0.2) is 0 Å². The van der Waals surface area contributed by atoms with E-state index in [1.807, 2.05) is 0 Å². The zero-order valence-corrected chi connectivity index (χ0v) is 12.5. The summed E-state index contributed by atoms with van der Waals surface area (Å²) >= 11 is 0. The second-order valence-corrected chi connectivity index (χ2v) is 5.74. The molecule has 0 aliphatic carbocycles. The smallest absolute Gasteiger partial charge is 0.122 e. The van der Waals surface area contributed by atoms with E-state index in [9.17, 15) is 0 Å². The molecule has 0 bridgehead atoms. The average molecular weight is 262 g/mol. The highest BCUT2D eigenvalue weighted by Gasteiger charge is 2.20. The molecule has 0 amide bonds. The molecule has 2 unspecified atom stereocenters. The maximum atomic E-state index is 5.44. The highest BCUT2D eigenvalue weighted by atomic mass is 16.5. The first-order chi connectivity index (χ1) is 9.11. The Hall–Kier alpha value is -1.06. The first-order valence-corrected chi connectivity index (χ1v) is 7.25. The van der Waals surface area contributed by atoms with Gasteiger partial charge in [0, 0.05) is 25.2 Å². The topological polar surface area (TPSA) is 33.3 Å². The number of nitrogens with one attached hydrogen (secondary N) is 2. The quantitative estimate of drug-likeness (QED) is 0.873. The summed E-state index contributed by atoms with van der Waals surface area (Å²) in [4.78, 5) is 0. The van der Waals surface area contributed by atoms with E-state index >= 15 is 0 Å². The van der Waals surface area contributed by atoms with E-state index in [2.05, 4.69) is 49.6 Å². The van der Waals surface area contributed by atoms with Gasteiger partial charge in [-0.15, -0.1) is 0 Å². The fourth-order valence-electron chi connectivity index (χ4n) is 2.74. The Kier molecular flexibility index (Phi) is 4.83. The molecule has 1 aromatic rings. The van der Waals surface area contributed by atoms with Gasteiger partial charge in [0.25, 0.3) is 0 Å². The van der Waals surface area contributed by atoms with Gasteiger partial charge in [-0.25, -0.2) is 0 Å². The van der Waals surface area contributed by atoms with Crippen molar-refractivity contribution in [3.8, 4) is 5.75 Å². The van der Waals surface area contributed by atoms with Gasteiger partial charge in [0.05, 0.1) is 7.11 Å². The molecular formula is C16H26N2O. The van der Waals surface area contributed by atoms with Gasteiger partial charge in [0.2, 0.25) is 0 Å². The van der Waals surface area contributed by atoms with Gasteiger partial charge in [-0.1, -0.05) is 26.0 Å². The van der Waals surface area contributed by atoms with Crippen molar-refractivity contribution < 1.29 is 4.74 Å². The summed E-state index contributed by atoms with van der Waals surface area (Å²) < 4.78 is 5.44. The van der Waals surface area contributed by atoms with E-state index in [0.717, 1.165) is 25.3 Å². The van der Waals surface area contributed by atoms with Crippen LogP contribution in [-0.2, 0) is 6.42 Å². The first kappa shape index (κ1) is 14.4. The van der Waals surface area contributed by atoms with Crippen LogP contribution in [0.1, 0.15) is 37.8 Å².